The maximum atomic E-state index is 12.9. The van der Waals surface area contributed by atoms with Gasteiger partial charge in [0, 0.05) is 17.5 Å². The number of carbonyl (C=O) groups excluding carboxylic acids is 2. The maximum absolute atomic E-state index is 12.9. The van der Waals surface area contributed by atoms with Crippen LogP contribution in [-0.4, -0.2) is 49.2 Å². The Balaban J connectivity index is 1.85. The molecule has 0 radical (unpaired) electrons. The Morgan fingerprint density at radius 3 is 2.44 bits per heavy atom. The summed E-state index contributed by atoms with van der Waals surface area (Å²) >= 11 is 0. The number of benzene rings is 2. The number of methoxy groups -OCH3 is 1. The molecule has 27 heavy (non-hydrogen) atoms. The quantitative estimate of drug-likeness (QED) is 0.819. The van der Waals surface area contributed by atoms with Crippen molar-refractivity contribution in [3.05, 3.63) is 54.1 Å². The Morgan fingerprint density at radius 2 is 1.81 bits per heavy atom. The number of likely N-dealkylation sites (tertiary alicyclic amines) is 1. The summed E-state index contributed by atoms with van der Waals surface area (Å²) in [6, 6.07) is 14.1. The molecule has 1 saturated heterocycles. The molecular weight excluding hydrogens is 346 g/mol. The fourth-order valence-electron chi connectivity index (χ4n) is 3.21. The second-order valence-corrected chi connectivity index (χ2v) is 6.17. The zero-order chi connectivity index (χ0) is 19.4. The Bertz CT molecular complexity index is 877. The average molecular weight is 367 g/mol. The molecule has 0 spiro atoms. The fraction of sp³-hybridized carbons (Fsp3) is 0.250. The van der Waals surface area contributed by atoms with Crippen molar-refractivity contribution in [1.29, 1.82) is 0 Å². The van der Waals surface area contributed by atoms with E-state index in [1.54, 1.807) is 19.2 Å². The largest absolute Gasteiger partial charge is 0.496 e. The lowest BCUT2D eigenvalue weighted by atomic mass is 10.0. The summed E-state index contributed by atoms with van der Waals surface area (Å²) in [5, 5.41) is 3.86. The monoisotopic (exact) mass is 367 g/mol. The number of para-hydroxylation sites is 1. The molecule has 7 heteroatoms. The second kappa shape index (κ2) is 7.90. The minimum Gasteiger partial charge on any atom is -0.496 e. The Kier molecular flexibility index (Phi) is 5.40. The Hall–Kier alpha value is -3.35. The van der Waals surface area contributed by atoms with Crippen LogP contribution in [0.3, 0.4) is 0 Å². The molecule has 0 bridgehead atoms. The molecule has 1 unspecified atom stereocenters. The van der Waals surface area contributed by atoms with Crippen molar-refractivity contribution >= 4 is 17.5 Å². The van der Waals surface area contributed by atoms with Crippen LogP contribution in [0, 0.1) is 0 Å². The van der Waals surface area contributed by atoms with E-state index in [0.717, 1.165) is 16.9 Å². The second-order valence-electron chi connectivity index (χ2n) is 6.17. The predicted octanol–water partition coefficient (Wildman–Crippen LogP) is 2.06. The molecule has 1 aliphatic heterocycles. The number of ether oxygens (including phenoxy) is 1. The van der Waals surface area contributed by atoms with Gasteiger partial charge >= 0.3 is 0 Å². The molecular formula is C20H21N3O4. The summed E-state index contributed by atoms with van der Waals surface area (Å²) in [6.07, 6.45) is 0.286. The van der Waals surface area contributed by atoms with E-state index in [0.29, 0.717) is 11.3 Å². The molecule has 1 aliphatic rings. The van der Waals surface area contributed by atoms with Gasteiger partial charge < -0.3 is 20.2 Å². The number of nitrogens with zero attached hydrogens (tertiary/aromatic N) is 2. The van der Waals surface area contributed by atoms with E-state index in [9.17, 15) is 9.59 Å². The molecule has 2 N–H and O–H groups in total. The molecule has 1 fully saturated rings. The summed E-state index contributed by atoms with van der Waals surface area (Å²) in [4.78, 5) is 30.8. The first-order valence-corrected chi connectivity index (χ1v) is 8.47. The highest BCUT2D eigenvalue weighted by Crippen LogP contribution is 2.30. The van der Waals surface area contributed by atoms with Gasteiger partial charge in [-0.25, -0.2) is 0 Å². The van der Waals surface area contributed by atoms with Crippen molar-refractivity contribution in [2.45, 2.75) is 12.5 Å². The Morgan fingerprint density at radius 1 is 1.11 bits per heavy atom. The van der Waals surface area contributed by atoms with Gasteiger partial charge in [0.1, 0.15) is 18.9 Å². The minimum absolute atomic E-state index is 0.217. The molecule has 7 nitrogen and oxygen atoms in total. The zero-order valence-electron chi connectivity index (χ0n) is 15.2. The summed E-state index contributed by atoms with van der Waals surface area (Å²) in [7, 11) is 3.04. The van der Waals surface area contributed by atoms with Crippen molar-refractivity contribution in [3.63, 3.8) is 0 Å². The van der Waals surface area contributed by atoms with Crippen molar-refractivity contribution in [2.24, 2.45) is 10.9 Å². The summed E-state index contributed by atoms with van der Waals surface area (Å²) < 4.78 is 5.38. The lowest BCUT2D eigenvalue weighted by molar-refractivity contribution is -0.121. The van der Waals surface area contributed by atoms with E-state index in [1.807, 2.05) is 36.4 Å². The number of carbonyl (C=O) groups is 2. The lowest BCUT2D eigenvalue weighted by Gasteiger charge is -2.21. The third-order valence-electron chi connectivity index (χ3n) is 4.52. The minimum atomic E-state index is -0.722. The smallest absolute Gasteiger partial charge is 0.254 e. The van der Waals surface area contributed by atoms with E-state index < -0.39 is 11.9 Å². The highest BCUT2D eigenvalue weighted by molar-refractivity contribution is 6.05. The van der Waals surface area contributed by atoms with Crippen LogP contribution in [0.2, 0.25) is 0 Å². The highest BCUT2D eigenvalue weighted by Gasteiger charge is 2.37. The van der Waals surface area contributed by atoms with Crippen LogP contribution in [0.1, 0.15) is 16.8 Å². The first-order chi connectivity index (χ1) is 13.0. The third-order valence-corrected chi connectivity index (χ3v) is 4.52. The number of hydrogen-bond donors (Lipinski definition) is 1. The van der Waals surface area contributed by atoms with E-state index >= 15 is 0 Å². The van der Waals surface area contributed by atoms with Gasteiger partial charge in [0.15, 0.2) is 0 Å². The SMILES string of the molecule is CO/N=C1\CC(C(N)=O)N(C(=O)c2ccc(-c3ccccc3OC)cc2)C1. The summed E-state index contributed by atoms with van der Waals surface area (Å²) in [6.45, 7) is 0.217. The zero-order valence-corrected chi connectivity index (χ0v) is 15.2. The maximum Gasteiger partial charge on any atom is 0.254 e. The molecule has 3 rings (SSSR count). The average Bonchev–Trinajstić information content (AvgIpc) is 3.12. The summed E-state index contributed by atoms with van der Waals surface area (Å²) in [5.41, 5.74) is 8.40. The number of oxime groups is 1. The predicted molar refractivity (Wildman–Crippen MR) is 102 cm³/mol. The van der Waals surface area contributed by atoms with Crippen molar-refractivity contribution in [3.8, 4) is 16.9 Å². The van der Waals surface area contributed by atoms with Crippen LogP contribution < -0.4 is 10.5 Å². The molecule has 2 amide bonds. The molecule has 2 aromatic rings. The summed E-state index contributed by atoms with van der Waals surface area (Å²) in [5.74, 6) is -0.0766. The lowest BCUT2D eigenvalue weighted by Crippen LogP contribution is -2.43. The van der Waals surface area contributed by atoms with Gasteiger partial charge in [-0.2, -0.15) is 0 Å². The number of amides is 2. The van der Waals surface area contributed by atoms with Gasteiger partial charge in [-0.3, -0.25) is 9.59 Å². The number of hydrogen-bond acceptors (Lipinski definition) is 5. The van der Waals surface area contributed by atoms with E-state index in [4.69, 9.17) is 15.3 Å². The van der Waals surface area contributed by atoms with Gasteiger partial charge in [-0.15, -0.1) is 0 Å². The van der Waals surface area contributed by atoms with Crippen LogP contribution in [0.15, 0.2) is 53.7 Å². The molecule has 2 aromatic carbocycles. The first-order valence-electron chi connectivity index (χ1n) is 8.47. The van der Waals surface area contributed by atoms with Gasteiger partial charge in [-0.05, 0) is 23.8 Å². The van der Waals surface area contributed by atoms with Crippen LogP contribution in [0.4, 0.5) is 0 Å². The molecule has 1 heterocycles. The number of primary amides is 1. The molecule has 0 saturated carbocycles. The van der Waals surface area contributed by atoms with Crippen LogP contribution in [0.25, 0.3) is 11.1 Å². The fourth-order valence-corrected chi connectivity index (χ4v) is 3.21. The van der Waals surface area contributed by atoms with Crippen molar-refractivity contribution < 1.29 is 19.2 Å². The first kappa shape index (κ1) is 18.4. The highest BCUT2D eigenvalue weighted by atomic mass is 16.6. The number of rotatable bonds is 5. The standard InChI is InChI=1S/C20H21N3O4/c1-26-18-6-4-3-5-16(18)13-7-9-14(10-8-13)20(25)23-12-15(22-27-2)11-17(23)19(21)24/h3-10,17H,11-12H2,1-2H3,(H2,21,24)/b22-15+. The van der Waals surface area contributed by atoms with Gasteiger partial charge in [0.05, 0.1) is 19.4 Å². The van der Waals surface area contributed by atoms with Gasteiger partial charge in [0.2, 0.25) is 5.91 Å². The normalized spacial score (nSPS) is 17.8. The van der Waals surface area contributed by atoms with Gasteiger partial charge in [0.25, 0.3) is 5.91 Å². The van der Waals surface area contributed by atoms with Crippen molar-refractivity contribution in [2.75, 3.05) is 20.8 Å². The van der Waals surface area contributed by atoms with E-state index in [1.165, 1.54) is 12.0 Å². The third kappa shape index (κ3) is 3.76. The topological polar surface area (TPSA) is 94.2 Å². The molecule has 140 valence electrons. The van der Waals surface area contributed by atoms with Crippen LogP contribution >= 0.6 is 0 Å². The van der Waals surface area contributed by atoms with Crippen LogP contribution in [-0.2, 0) is 9.63 Å². The number of nitrogens with two attached hydrogens (primary N) is 1. The van der Waals surface area contributed by atoms with E-state index in [2.05, 4.69) is 5.16 Å². The Labute approximate surface area is 157 Å². The van der Waals surface area contributed by atoms with Crippen LogP contribution in [0.5, 0.6) is 5.75 Å². The molecule has 1 atom stereocenters. The molecule has 0 aromatic heterocycles. The van der Waals surface area contributed by atoms with Crippen molar-refractivity contribution in [1.82, 2.24) is 4.90 Å². The molecule has 0 aliphatic carbocycles. The van der Waals surface area contributed by atoms with Gasteiger partial charge in [-0.1, -0.05) is 35.5 Å². The van der Waals surface area contributed by atoms with E-state index in [-0.39, 0.29) is 18.9 Å².